The summed E-state index contributed by atoms with van der Waals surface area (Å²) in [6.07, 6.45) is 10.6. The van der Waals surface area contributed by atoms with Gasteiger partial charge in [0.15, 0.2) is 0 Å². The largest absolute Gasteiger partial charge is 0.356 e. The number of terminal acetylenes is 2. The zero-order valence-electron chi connectivity index (χ0n) is 9.27. The quantitative estimate of drug-likeness (QED) is 0.760. The molecule has 1 heteroatoms. The van der Waals surface area contributed by atoms with Gasteiger partial charge in [-0.15, -0.1) is 12.8 Å². The van der Waals surface area contributed by atoms with Gasteiger partial charge in [0.25, 0.3) is 0 Å². The molecule has 0 aromatic heterocycles. The van der Waals surface area contributed by atoms with E-state index in [1.54, 1.807) is 0 Å². The van der Waals surface area contributed by atoms with Crippen molar-refractivity contribution >= 4 is 11.4 Å². The second kappa shape index (κ2) is 4.92. The molecule has 2 rings (SSSR count). The molecular formula is C16H11N. The molecule has 0 unspecified atom stereocenters. The van der Waals surface area contributed by atoms with E-state index in [4.69, 9.17) is 12.8 Å². The standard InChI is InChI=1S/C16H11N/c1-3-13-5-9-15(10-6-13)17-16-11-7-14(4-2)8-12-16/h1-2,5-12,17H. The van der Waals surface area contributed by atoms with Gasteiger partial charge in [-0.1, -0.05) is 11.8 Å². The lowest BCUT2D eigenvalue weighted by Gasteiger charge is -2.06. The van der Waals surface area contributed by atoms with Crippen molar-refractivity contribution in [2.45, 2.75) is 0 Å². The minimum absolute atomic E-state index is 0.873. The smallest absolute Gasteiger partial charge is 0.0385 e. The third kappa shape index (κ3) is 2.68. The number of hydrogen-bond acceptors (Lipinski definition) is 1. The molecule has 0 heterocycles. The van der Waals surface area contributed by atoms with Crippen molar-refractivity contribution in [1.82, 2.24) is 0 Å². The summed E-state index contributed by atoms with van der Waals surface area (Å²) in [5, 5.41) is 3.27. The topological polar surface area (TPSA) is 12.0 Å². The van der Waals surface area contributed by atoms with E-state index < -0.39 is 0 Å². The molecule has 0 aliphatic carbocycles. The molecule has 80 valence electrons. The number of benzene rings is 2. The highest BCUT2D eigenvalue weighted by Gasteiger charge is 1.94. The third-order valence-corrected chi connectivity index (χ3v) is 2.39. The summed E-state index contributed by atoms with van der Waals surface area (Å²) in [6, 6.07) is 15.4. The lowest BCUT2D eigenvalue weighted by atomic mass is 10.2. The van der Waals surface area contributed by atoms with E-state index in [1.165, 1.54) is 0 Å². The van der Waals surface area contributed by atoms with Gasteiger partial charge in [-0.3, -0.25) is 0 Å². The fourth-order valence-electron chi connectivity index (χ4n) is 1.47. The zero-order chi connectivity index (χ0) is 12.1. The average molecular weight is 217 g/mol. The first-order valence-electron chi connectivity index (χ1n) is 5.22. The first-order chi connectivity index (χ1) is 8.31. The molecule has 1 nitrogen and oxygen atoms in total. The highest BCUT2D eigenvalue weighted by molar-refractivity contribution is 5.61. The predicted octanol–water partition coefficient (Wildman–Crippen LogP) is 3.39. The van der Waals surface area contributed by atoms with Crippen molar-refractivity contribution in [3.8, 4) is 24.7 Å². The molecule has 0 fully saturated rings. The fraction of sp³-hybridized carbons (Fsp3) is 0. The van der Waals surface area contributed by atoms with E-state index in [1.807, 2.05) is 48.5 Å². The summed E-state index contributed by atoms with van der Waals surface area (Å²) in [6.45, 7) is 0. The van der Waals surface area contributed by atoms with Crippen LogP contribution in [0.15, 0.2) is 48.5 Å². The second-order valence-corrected chi connectivity index (χ2v) is 3.57. The SMILES string of the molecule is C#Cc1ccc(Nc2ccc(C#C)cc2)cc1. The van der Waals surface area contributed by atoms with Crippen LogP contribution in [-0.2, 0) is 0 Å². The van der Waals surface area contributed by atoms with Gasteiger partial charge < -0.3 is 5.32 Å². The van der Waals surface area contributed by atoms with Crippen LogP contribution in [0.4, 0.5) is 11.4 Å². The van der Waals surface area contributed by atoms with E-state index in [0.29, 0.717) is 0 Å². The van der Waals surface area contributed by atoms with Crippen LogP contribution >= 0.6 is 0 Å². The lowest BCUT2D eigenvalue weighted by molar-refractivity contribution is 1.53. The molecule has 0 spiro atoms. The molecule has 0 amide bonds. The zero-order valence-corrected chi connectivity index (χ0v) is 9.27. The molecule has 2 aromatic rings. The summed E-state index contributed by atoms with van der Waals surface area (Å²) in [5.74, 6) is 5.17. The molecule has 0 radical (unpaired) electrons. The number of nitrogens with one attached hydrogen (secondary N) is 1. The first-order valence-corrected chi connectivity index (χ1v) is 5.22. The Kier molecular flexibility index (Phi) is 3.15. The van der Waals surface area contributed by atoms with Crippen LogP contribution in [0.3, 0.4) is 0 Å². The maximum absolute atomic E-state index is 5.30. The molecule has 2 aromatic carbocycles. The van der Waals surface area contributed by atoms with E-state index in [-0.39, 0.29) is 0 Å². The van der Waals surface area contributed by atoms with Gasteiger partial charge in [-0.2, -0.15) is 0 Å². The molecule has 1 N–H and O–H groups in total. The Labute approximate surface area is 101 Å². The van der Waals surface area contributed by atoms with Crippen molar-refractivity contribution in [2.24, 2.45) is 0 Å². The van der Waals surface area contributed by atoms with Gasteiger partial charge >= 0.3 is 0 Å². The molecular weight excluding hydrogens is 206 g/mol. The summed E-state index contributed by atoms with van der Waals surface area (Å²) < 4.78 is 0. The Hall–Kier alpha value is -2.64. The van der Waals surface area contributed by atoms with Crippen molar-refractivity contribution in [3.05, 3.63) is 59.7 Å². The third-order valence-electron chi connectivity index (χ3n) is 2.39. The van der Waals surface area contributed by atoms with E-state index in [2.05, 4.69) is 17.2 Å². The predicted molar refractivity (Wildman–Crippen MR) is 72.0 cm³/mol. The highest BCUT2D eigenvalue weighted by Crippen LogP contribution is 2.17. The minimum atomic E-state index is 0.873. The Morgan fingerprint density at radius 1 is 0.647 bits per heavy atom. The van der Waals surface area contributed by atoms with Gasteiger partial charge in [0.05, 0.1) is 0 Å². The van der Waals surface area contributed by atoms with Crippen LogP contribution in [0.25, 0.3) is 0 Å². The number of hydrogen-bond donors (Lipinski definition) is 1. The first kappa shape index (κ1) is 10.9. The van der Waals surface area contributed by atoms with E-state index in [9.17, 15) is 0 Å². The van der Waals surface area contributed by atoms with Crippen molar-refractivity contribution < 1.29 is 0 Å². The van der Waals surface area contributed by atoms with E-state index >= 15 is 0 Å². The normalized spacial score (nSPS) is 9.06. The van der Waals surface area contributed by atoms with Gasteiger partial charge in [-0.05, 0) is 48.5 Å². The summed E-state index contributed by atoms with van der Waals surface area (Å²) in [4.78, 5) is 0. The molecule has 17 heavy (non-hydrogen) atoms. The fourth-order valence-corrected chi connectivity index (χ4v) is 1.47. The maximum Gasteiger partial charge on any atom is 0.0385 e. The maximum atomic E-state index is 5.30. The molecule has 0 aliphatic heterocycles. The molecule has 0 saturated heterocycles. The Morgan fingerprint density at radius 2 is 1.00 bits per heavy atom. The van der Waals surface area contributed by atoms with Gasteiger partial charge in [0, 0.05) is 22.5 Å². The van der Waals surface area contributed by atoms with Gasteiger partial charge in [0.1, 0.15) is 0 Å². The second-order valence-electron chi connectivity index (χ2n) is 3.57. The van der Waals surface area contributed by atoms with Gasteiger partial charge in [0.2, 0.25) is 0 Å². The van der Waals surface area contributed by atoms with Crippen LogP contribution in [-0.4, -0.2) is 0 Å². The Bertz CT molecular complexity index is 522. The lowest BCUT2D eigenvalue weighted by Crippen LogP contribution is -1.90. The molecule has 0 aliphatic rings. The van der Waals surface area contributed by atoms with Crippen LogP contribution in [0.2, 0.25) is 0 Å². The monoisotopic (exact) mass is 217 g/mol. The van der Waals surface area contributed by atoms with Crippen LogP contribution in [0.1, 0.15) is 11.1 Å². The highest BCUT2D eigenvalue weighted by atomic mass is 14.9. The number of rotatable bonds is 2. The van der Waals surface area contributed by atoms with Crippen molar-refractivity contribution in [3.63, 3.8) is 0 Å². The summed E-state index contributed by atoms with van der Waals surface area (Å²) in [5.41, 5.74) is 3.74. The summed E-state index contributed by atoms with van der Waals surface area (Å²) >= 11 is 0. The molecule has 0 saturated carbocycles. The van der Waals surface area contributed by atoms with Crippen LogP contribution in [0.5, 0.6) is 0 Å². The summed E-state index contributed by atoms with van der Waals surface area (Å²) in [7, 11) is 0. The van der Waals surface area contributed by atoms with Crippen LogP contribution < -0.4 is 5.32 Å². The Morgan fingerprint density at radius 3 is 1.29 bits per heavy atom. The Balaban J connectivity index is 2.14. The van der Waals surface area contributed by atoms with Crippen molar-refractivity contribution in [1.29, 1.82) is 0 Å². The van der Waals surface area contributed by atoms with Crippen LogP contribution in [0, 0.1) is 24.7 Å². The molecule has 0 atom stereocenters. The average Bonchev–Trinajstić information content (AvgIpc) is 2.40. The van der Waals surface area contributed by atoms with Gasteiger partial charge in [-0.25, -0.2) is 0 Å². The van der Waals surface area contributed by atoms with E-state index in [0.717, 1.165) is 22.5 Å². The number of anilines is 2. The minimum Gasteiger partial charge on any atom is -0.356 e. The molecule has 0 bridgehead atoms. The van der Waals surface area contributed by atoms with Crippen molar-refractivity contribution in [2.75, 3.05) is 5.32 Å².